The lowest BCUT2D eigenvalue weighted by atomic mass is 9.74. The number of carbonyl (C=O) groups is 3. The number of ether oxygens (including phenoxy) is 1. The first-order chi connectivity index (χ1) is 19.9. The van der Waals surface area contributed by atoms with E-state index in [1.807, 2.05) is 6.07 Å². The topological polar surface area (TPSA) is 129 Å². The largest absolute Gasteiger partial charge is 0.446 e. The molecule has 3 amide bonds. The number of allylic oxidation sites excluding steroid dienone is 3. The highest BCUT2D eigenvalue weighted by Gasteiger charge is 2.54. The van der Waals surface area contributed by atoms with Gasteiger partial charge in [-0.25, -0.2) is 27.8 Å². The minimum absolute atomic E-state index is 0.0631. The third kappa shape index (κ3) is 5.42. The average molecular weight is 601 g/mol. The van der Waals surface area contributed by atoms with Gasteiger partial charge in [-0.05, 0) is 12.1 Å². The van der Waals surface area contributed by atoms with E-state index in [1.165, 1.54) is 18.3 Å². The van der Waals surface area contributed by atoms with Gasteiger partial charge in [0.2, 0.25) is 5.91 Å². The van der Waals surface area contributed by atoms with E-state index in [-0.39, 0.29) is 17.1 Å². The third-order valence-corrected chi connectivity index (χ3v) is 8.07. The number of nitriles is 1. The second-order valence-electron chi connectivity index (χ2n) is 10.4. The molecule has 2 aromatic rings. The molecule has 4 atom stereocenters. The number of carbonyl (C=O) groups excluding carboxylic acids is 3. The van der Waals surface area contributed by atoms with Gasteiger partial charge in [-0.2, -0.15) is 5.26 Å². The van der Waals surface area contributed by atoms with Crippen LogP contribution >= 0.6 is 11.6 Å². The Hall–Kier alpha value is -4.44. The van der Waals surface area contributed by atoms with Crippen molar-refractivity contribution in [3.8, 4) is 6.07 Å². The quantitative estimate of drug-likeness (QED) is 0.478. The van der Waals surface area contributed by atoms with Crippen molar-refractivity contribution in [2.75, 3.05) is 16.4 Å². The van der Waals surface area contributed by atoms with Gasteiger partial charge >= 0.3 is 6.09 Å². The molecule has 0 spiro atoms. The van der Waals surface area contributed by atoms with Crippen LogP contribution in [0.25, 0.3) is 0 Å². The zero-order valence-electron chi connectivity index (χ0n) is 22.1. The Morgan fingerprint density at radius 1 is 1.29 bits per heavy atom. The van der Waals surface area contributed by atoms with Crippen molar-refractivity contribution in [1.82, 2.24) is 15.3 Å². The fraction of sp³-hybridized carbons (Fsp3) is 0.357. The minimum Gasteiger partial charge on any atom is -0.446 e. The fourth-order valence-corrected chi connectivity index (χ4v) is 5.54. The Kier molecular flexibility index (Phi) is 7.68. The summed E-state index contributed by atoms with van der Waals surface area (Å²) in [6.45, 7) is 1.14. The number of cyclic esters (lactones) is 1. The van der Waals surface area contributed by atoms with E-state index in [0.717, 1.165) is 28.3 Å². The molecular formula is C28H24ClF3N6O4. The number of hydrogen-bond acceptors (Lipinski definition) is 7. The number of anilines is 2. The molecule has 14 heteroatoms. The molecule has 0 aromatic carbocycles. The number of amides is 3. The van der Waals surface area contributed by atoms with Gasteiger partial charge in [0, 0.05) is 36.6 Å². The van der Waals surface area contributed by atoms with Crippen LogP contribution in [-0.4, -0.2) is 63.9 Å². The molecule has 3 heterocycles. The lowest BCUT2D eigenvalue weighted by molar-refractivity contribution is -0.134. The summed E-state index contributed by atoms with van der Waals surface area (Å²) in [7, 11) is 0. The Morgan fingerprint density at radius 2 is 2.05 bits per heavy atom. The van der Waals surface area contributed by atoms with Crippen LogP contribution in [-0.2, 0) is 14.3 Å². The maximum atomic E-state index is 14.5. The van der Waals surface area contributed by atoms with Crippen LogP contribution < -0.4 is 15.1 Å². The molecular weight excluding hydrogens is 577 g/mol. The number of rotatable bonds is 7. The Balaban J connectivity index is 1.61. The van der Waals surface area contributed by atoms with Gasteiger partial charge in [-0.3, -0.25) is 19.5 Å². The van der Waals surface area contributed by atoms with E-state index in [9.17, 15) is 32.8 Å². The second-order valence-corrected chi connectivity index (χ2v) is 10.9. The zero-order chi connectivity index (χ0) is 30.2. The smallest absolute Gasteiger partial charge is 0.416 e. The summed E-state index contributed by atoms with van der Waals surface area (Å²) in [5, 5.41) is 11.0. The molecule has 5 rings (SSSR count). The van der Waals surface area contributed by atoms with Crippen LogP contribution in [0.15, 0.2) is 61.1 Å². The van der Waals surface area contributed by atoms with Crippen LogP contribution in [0.3, 0.4) is 0 Å². The summed E-state index contributed by atoms with van der Waals surface area (Å²) in [6.07, 6.45) is 7.69. The Morgan fingerprint density at radius 3 is 2.71 bits per heavy atom. The third-order valence-electron chi connectivity index (χ3n) is 7.46. The van der Waals surface area contributed by atoms with Crippen LogP contribution in [0.2, 0.25) is 0 Å². The van der Waals surface area contributed by atoms with Crippen molar-refractivity contribution in [1.29, 1.82) is 5.26 Å². The summed E-state index contributed by atoms with van der Waals surface area (Å²) >= 11 is 6.71. The van der Waals surface area contributed by atoms with Crippen LogP contribution in [0, 0.1) is 22.6 Å². The van der Waals surface area contributed by atoms with E-state index >= 15 is 0 Å². The van der Waals surface area contributed by atoms with Gasteiger partial charge in [0.25, 0.3) is 11.8 Å². The molecule has 218 valence electrons. The number of pyridine rings is 2. The molecule has 1 saturated heterocycles. The summed E-state index contributed by atoms with van der Waals surface area (Å²) in [5.74, 6) is -5.53. The monoisotopic (exact) mass is 600 g/mol. The lowest BCUT2D eigenvalue weighted by Gasteiger charge is -2.46. The van der Waals surface area contributed by atoms with Crippen molar-refractivity contribution in [2.24, 2.45) is 5.41 Å². The molecule has 2 unspecified atom stereocenters. The van der Waals surface area contributed by atoms with Crippen LogP contribution in [0.4, 0.5) is 29.5 Å². The Labute approximate surface area is 243 Å². The molecule has 10 nitrogen and oxygen atoms in total. The van der Waals surface area contributed by atoms with Crippen molar-refractivity contribution in [2.45, 2.75) is 49.2 Å². The summed E-state index contributed by atoms with van der Waals surface area (Å²) in [6, 6.07) is 1.79. The second kappa shape index (κ2) is 11.1. The number of nitrogens with zero attached hydrogens (tertiary/aromatic N) is 5. The first kappa shape index (κ1) is 29.1. The Bertz CT molecular complexity index is 1520. The van der Waals surface area contributed by atoms with E-state index in [4.69, 9.17) is 16.3 Å². The molecule has 1 aliphatic heterocycles. The molecule has 1 saturated carbocycles. The molecule has 42 heavy (non-hydrogen) atoms. The van der Waals surface area contributed by atoms with Gasteiger partial charge in [0.05, 0.1) is 35.1 Å². The van der Waals surface area contributed by atoms with E-state index in [2.05, 4.69) is 15.3 Å². The average Bonchev–Trinajstić information content (AvgIpc) is 3.33. The van der Waals surface area contributed by atoms with Crippen LogP contribution in [0.5, 0.6) is 0 Å². The predicted molar refractivity (Wildman–Crippen MR) is 144 cm³/mol. The number of hydrogen-bond donors (Lipinski definition) is 1. The number of alkyl halides is 3. The maximum Gasteiger partial charge on any atom is 0.416 e. The highest BCUT2D eigenvalue weighted by atomic mass is 35.5. The predicted octanol–water partition coefficient (Wildman–Crippen LogP) is 3.87. The molecule has 2 aromatic heterocycles. The number of nitrogens with one attached hydrogen (secondary N) is 1. The summed E-state index contributed by atoms with van der Waals surface area (Å²) in [4.78, 5) is 51.1. The van der Waals surface area contributed by atoms with Gasteiger partial charge < -0.3 is 10.1 Å². The molecule has 0 radical (unpaired) electrons. The van der Waals surface area contributed by atoms with Gasteiger partial charge in [0.15, 0.2) is 6.04 Å². The fourth-order valence-electron chi connectivity index (χ4n) is 5.26. The highest BCUT2D eigenvalue weighted by molar-refractivity contribution is 6.23. The first-order valence-electron chi connectivity index (χ1n) is 12.9. The van der Waals surface area contributed by atoms with Crippen molar-refractivity contribution in [3.63, 3.8) is 0 Å². The SMILES string of the molecule is CC1([C@@H](C(=O)NC2CC(F)(F)C2)N(C(=O)[C@@H]2COC(=O)N2c2cc(C#N)ccn2)c2cncc(F)c2)C=CC=CC1Cl. The zero-order valence-corrected chi connectivity index (χ0v) is 22.8. The van der Waals surface area contributed by atoms with Crippen molar-refractivity contribution >= 4 is 41.0 Å². The molecule has 0 bridgehead atoms. The van der Waals surface area contributed by atoms with Gasteiger partial charge in [-0.1, -0.05) is 31.2 Å². The number of halogens is 4. The van der Waals surface area contributed by atoms with Gasteiger partial charge in [0.1, 0.15) is 24.3 Å². The lowest BCUT2D eigenvalue weighted by Crippen LogP contribution is -2.65. The molecule has 3 aliphatic rings. The molecule has 2 fully saturated rings. The normalized spacial score (nSPS) is 25.2. The highest BCUT2D eigenvalue weighted by Crippen LogP contribution is 2.42. The number of aromatic nitrogens is 2. The maximum absolute atomic E-state index is 14.5. The van der Waals surface area contributed by atoms with E-state index < -0.39 is 78.0 Å². The van der Waals surface area contributed by atoms with Crippen molar-refractivity contribution in [3.05, 3.63) is 72.5 Å². The summed E-state index contributed by atoms with van der Waals surface area (Å²) < 4.78 is 47.0. The van der Waals surface area contributed by atoms with Gasteiger partial charge in [-0.15, -0.1) is 11.6 Å². The van der Waals surface area contributed by atoms with E-state index in [0.29, 0.717) is 0 Å². The summed E-state index contributed by atoms with van der Waals surface area (Å²) in [5.41, 5.74) is -1.34. The van der Waals surface area contributed by atoms with E-state index in [1.54, 1.807) is 31.2 Å². The first-order valence-corrected chi connectivity index (χ1v) is 13.3. The molecule has 1 N–H and O–H groups in total. The standard InChI is InChI=1S/C28H24ClF3N6O4/c1-27(6-3-2-4-21(27)29)23(24(39)36-18-10-28(31,32)11-18)37(19-9-17(30)13-34-14-19)25(40)20-15-42-26(41)38(20)22-8-16(12-33)5-7-35-22/h2-9,13-14,18,20-21,23H,10-11,15H2,1H3,(H,36,39)/t20-,21?,23+,27?/m0/s1. The van der Waals surface area contributed by atoms with Crippen molar-refractivity contribution < 1.29 is 32.3 Å². The minimum atomic E-state index is -2.94. The molecule has 2 aliphatic carbocycles. The van der Waals surface area contributed by atoms with Crippen LogP contribution in [0.1, 0.15) is 25.3 Å².